The van der Waals surface area contributed by atoms with Crippen LogP contribution < -0.4 is 5.73 Å². The van der Waals surface area contributed by atoms with Crippen LogP contribution in [0, 0.1) is 12.8 Å². The van der Waals surface area contributed by atoms with Gasteiger partial charge in [-0.15, -0.1) is 11.3 Å². The van der Waals surface area contributed by atoms with Gasteiger partial charge in [0.25, 0.3) is 0 Å². The molecule has 1 saturated heterocycles. The average molecular weight is 308 g/mol. The molecule has 2 aliphatic rings. The maximum Gasteiger partial charge on any atom is 0.225 e. The molecule has 2 N–H and O–H groups in total. The molecular weight excluding hydrogens is 284 g/mol. The van der Waals surface area contributed by atoms with Gasteiger partial charge in [-0.1, -0.05) is 0 Å². The van der Waals surface area contributed by atoms with Crippen LogP contribution in [0.2, 0.25) is 0 Å². The van der Waals surface area contributed by atoms with E-state index < -0.39 is 0 Å². The van der Waals surface area contributed by atoms with Gasteiger partial charge in [-0.2, -0.15) is 0 Å². The minimum atomic E-state index is 0.177. The van der Waals surface area contributed by atoms with E-state index >= 15 is 0 Å². The summed E-state index contributed by atoms with van der Waals surface area (Å²) in [5.41, 5.74) is 5.92. The molecule has 1 amide bonds. The highest BCUT2D eigenvalue weighted by molar-refractivity contribution is 7.11. The van der Waals surface area contributed by atoms with Crippen molar-refractivity contribution in [3.8, 4) is 0 Å². The number of piperazine rings is 1. The third-order valence-corrected chi connectivity index (χ3v) is 5.45. The summed E-state index contributed by atoms with van der Waals surface area (Å²) in [6.07, 6.45) is 4.82. The molecule has 0 spiro atoms. The van der Waals surface area contributed by atoms with Gasteiger partial charge in [0.05, 0.1) is 5.01 Å². The van der Waals surface area contributed by atoms with Crippen molar-refractivity contribution in [3.05, 3.63) is 16.1 Å². The molecule has 1 saturated carbocycles. The lowest BCUT2D eigenvalue weighted by atomic mass is 10.1. The summed E-state index contributed by atoms with van der Waals surface area (Å²) in [5, 5.41) is 1.12. The first kappa shape index (κ1) is 14.9. The first-order valence-electron chi connectivity index (χ1n) is 7.80. The van der Waals surface area contributed by atoms with Crippen LogP contribution in [0.25, 0.3) is 0 Å². The van der Waals surface area contributed by atoms with E-state index in [2.05, 4.69) is 9.88 Å². The van der Waals surface area contributed by atoms with Gasteiger partial charge >= 0.3 is 0 Å². The third-order valence-electron chi connectivity index (χ3n) is 4.55. The Kier molecular flexibility index (Phi) is 4.57. The van der Waals surface area contributed by atoms with Crippen LogP contribution in [0.1, 0.15) is 29.1 Å². The summed E-state index contributed by atoms with van der Waals surface area (Å²) in [4.78, 5) is 22.5. The van der Waals surface area contributed by atoms with Gasteiger partial charge in [0.1, 0.15) is 0 Å². The standard InChI is InChI=1S/C15H24N4OS/c1-11-17-9-14(21-11)10-18-4-6-19(7-5-18)15(20)12-2-3-13(16)8-12/h9,12-13H,2-8,10,16H2,1H3. The first-order chi connectivity index (χ1) is 10.1. The third kappa shape index (κ3) is 3.62. The van der Waals surface area contributed by atoms with Crippen LogP contribution in [0.4, 0.5) is 0 Å². The number of nitrogens with two attached hydrogens (primary N) is 1. The van der Waals surface area contributed by atoms with E-state index in [4.69, 9.17) is 5.73 Å². The summed E-state index contributed by atoms with van der Waals surface area (Å²) in [7, 11) is 0. The van der Waals surface area contributed by atoms with Crippen molar-refractivity contribution in [1.29, 1.82) is 0 Å². The Morgan fingerprint density at radius 2 is 2.14 bits per heavy atom. The molecule has 2 heterocycles. The average Bonchev–Trinajstić information content (AvgIpc) is 3.08. The zero-order valence-electron chi connectivity index (χ0n) is 12.6. The SMILES string of the molecule is Cc1ncc(CN2CCN(C(=O)C3CCC(N)C3)CC2)s1. The summed E-state index contributed by atoms with van der Waals surface area (Å²) in [6, 6.07) is 0.231. The molecule has 0 bridgehead atoms. The number of aromatic nitrogens is 1. The Morgan fingerprint density at radius 3 is 2.71 bits per heavy atom. The van der Waals surface area contributed by atoms with E-state index in [0.29, 0.717) is 5.91 Å². The fourth-order valence-electron chi connectivity index (χ4n) is 3.32. The highest BCUT2D eigenvalue weighted by Gasteiger charge is 2.32. The van der Waals surface area contributed by atoms with Crippen molar-refractivity contribution in [2.45, 2.75) is 38.8 Å². The lowest BCUT2D eigenvalue weighted by Gasteiger charge is -2.35. The van der Waals surface area contributed by atoms with Crippen LogP contribution in [0.5, 0.6) is 0 Å². The van der Waals surface area contributed by atoms with E-state index in [1.54, 1.807) is 11.3 Å². The Morgan fingerprint density at radius 1 is 1.38 bits per heavy atom. The fraction of sp³-hybridized carbons (Fsp3) is 0.733. The Hall–Kier alpha value is -0.980. The summed E-state index contributed by atoms with van der Waals surface area (Å²) < 4.78 is 0. The smallest absolute Gasteiger partial charge is 0.225 e. The monoisotopic (exact) mass is 308 g/mol. The number of aryl methyl sites for hydroxylation is 1. The summed E-state index contributed by atoms with van der Waals surface area (Å²) in [5.74, 6) is 0.506. The molecule has 2 unspecified atom stereocenters. The largest absolute Gasteiger partial charge is 0.340 e. The number of carbonyl (C=O) groups excluding carboxylic acids is 1. The minimum absolute atomic E-state index is 0.177. The Bertz CT molecular complexity index is 496. The van der Waals surface area contributed by atoms with Gasteiger partial charge < -0.3 is 10.6 Å². The predicted octanol–water partition coefficient (Wildman–Crippen LogP) is 1.22. The van der Waals surface area contributed by atoms with E-state index in [1.165, 1.54) is 4.88 Å². The van der Waals surface area contributed by atoms with Gasteiger partial charge in [0.15, 0.2) is 0 Å². The van der Waals surface area contributed by atoms with Gasteiger partial charge in [0, 0.05) is 55.8 Å². The molecule has 2 atom stereocenters. The van der Waals surface area contributed by atoms with Crippen LogP contribution in [0.3, 0.4) is 0 Å². The number of hydrogen-bond donors (Lipinski definition) is 1. The zero-order valence-corrected chi connectivity index (χ0v) is 13.4. The topological polar surface area (TPSA) is 62.5 Å². The second kappa shape index (κ2) is 6.42. The quantitative estimate of drug-likeness (QED) is 0.912. The maximum atomic E-state index is 12.5. The molecule has 1 aliphatic carbocycles. The molecule has 2 fully saturated rings. The first-order valence-corrected chi connectivity index (χ1v) is 8.61. The van der Waals surface area contributed by atoms with Crippen molar-refractivity contribution in [2.24, 2.45) is 11.7 Å². The van der Waals surface area contributed by atoms with E-state index in [9.17, 15) is 4.79 Å². The second-order valence-electron chi connectivity index (χ2n) is 6.22. The van der Waals surface area contributed by atoms with Crippen molar-refractivity contribution in [3.63, 3.8) is 0 Å². The molecular formula is C15H24N4OS. The van der Waals surface area contributed by atoms with Gasteiger partial charge in [-0.25, -0.2) is 4.98 Å². The highest BCUT2D eigenvalue weighted by Crippen LogP contribution is 2.26. The summed E-state index contributed by atoms with van der Waals surface area (Å²) in [6.45, 7) is 6.62. The molecule has 0 aromatic carbocycles. The molecule has 0 radical (unpaired) electrons. The normalized spacial score (nSPS) is 27.2. The fourth-order valence-corrected chi connectivity index (χ4v) is 4.16. The van der Waals surface area contributed by atoms with Gasteiger partial charge in [-0.3, -0.25) is 9.69 Å². The Balaban J connectivity index is 1.47. The van der Waals surface area contributed by atoms with Crippen LogP contribution in [-0.4, -0.2) is 52.9 Å². The molecule has 116 valence electrons. The maximum absolute atomic E-state index is 12.5. The summed E-state index contributed by atoms with van der Waals surface area (Å²) >= 11 is 1.76. The molecule has 21 heavy (non-hydrogen) atoms. The number of carbonyl (C=O) groups is 1. The van der Waals surface area contributed by atoms with E-state index in [-0.39, 0.29) is 12.0 Å². The molecule has 5 nitrogen and oxygen atoms in total. The van der Waals surface area contributed by atoms with Crippen molar-refractivity contribution in [1.82, 2.24) is 14.8 Å². The van der Waals surface area contributed by atoms with E-state index in [0.717, 1.165) is 57.0 Å². The lowest BCUT2D eigenvalue weighted by molar-refractivity contribution is -0.137. The molecule has 1 aliphatic heterocycles. The van der Waals surface area contributed by atoms with Gasteiger partial charge in [0.2, 0.25) is 5.91 Å². The number of hydrogen-bond acceptors (Lipinski definition) is 5. The van der Waals surface area contributed by atoms with E-state index in [1.807, 2.05) is 18.0 Å². The molecule has 1 aromatic heterocycles. The number of rotatable bonds is 3. The van der Waals surface area contributed by atoms with Crippen molar-refractivity contribution < 1.29 is 4.79 Å². The molecule has 3 rings (SSSR count). The second-order valence-corrected chi connectivity index (χ2v) is 7.54. The number of thiazole rings is 1. The van der Waals surface area contributed by atoms with Crippen LogP contribution in [-0.2, 0) is 11.3 Å². The van der Waals surface area contributed by atoms with Crippen molar-refractivity contribution >= 4 is 17.2 Å². The highest BCUT2D eigenvalue weighted by atomic mass is 32.1. The van der Waals surface area contributed by atoms with Crippen LogP contribution in [0.15, 0.2) is 6.20 Å². The molecule has 6 heteroatoms. The number of nitrogens with zero attached hydrogens (tertiary/aromatic N) is 3. The predicted molar refractivity (Wildman–Crippen MR) is 84.0 cm³/mol. The zero-order chi connectivity index (χ0) is 14.8. The van der Waals surface area contributed by atoms with Gasteiger partial charge in [-0.05, 0) is 26.2 Å². The number of amides is 1. The lowest BCUT2D eigenvalue weighted by Crippen LogP contribution is -2.49. The molecule has 1 aromatic rings. The van der Waals surface area contributed by atoms with Crippen molar-refractivity contribution in [2.75, 3.05) is 26.2 Å². The Labute approximate surface area is 130 Å². The van der Waals surface area contributed by atoms with Crippen LogP contribution >= 0.6 is 11.3 Å². The minimum Gasteiger partial charge on any atom is -0.340 e.